The molecule has 1 fully saturated rings. The molecule has 1 saturated carbocycles. The van der Waals surface area contributed by atoms with Gasteiger partial charge >= 0.3 is 0 Å². The van der Waals surface area contributed by atoms with Gasteiger partial charge in [-0.1, -0.05) is 75.6 Å². The van der Waals surface area contributed by atoms with E-state index in [1.54, 1.807) is 16.2 Å². The number of nitrogens with one attached hydrogen (secondary N) is 1. The molecule has 2 amide bonds. The predicted molar refractivity (Wildman–Crippen MR) is 140 cm³/mol. The Bertz CT molecular complexity index is 1060. The normalized spacial score (nSPS) is 15.1. The number of hydrogen-bond donors (Lipinski definition) is 1. The second-order valence-corrected chi connectivity index (χ2v) is 10.3. The van der Waals surface area contributed by atoms with E-state index in [-0.39, 0.29) is 24.3 Å². The number of carbonyl (C=O) groups excluding carboxylic acids is 2. The zero-order chi connectivity index (χ0) is 23.9. The van der Waals surface area contributed by atoms with Gasteiger partial charge in [-0.3, -0.25) is 14.5 Å². The molecule has 34 heavy (non-hydrogen) atoms. The van der Waals surface area contributed by atoms with Crippen molar-refractivity contribution in [1.82, 2.24) is 5.32 Å². The summed E-state index contributed by atoms with van der Waals surface area (Å²) >= 11 is 1.58. The summed E-state index contributed by atoms with van der Waals surface area (Å²) in [5, 5.41) is 7.26. The summed E-state index contributed by atoms with van der Waals surface area (Å²) in [6, 6.07) is 19.2. The fourth-order valence-electron chi connectivity index (χ4n) is 4.69. The lowest BCUT2D eigenvalue weighted by molar-refractivity contribution is -0.127. The van der Waals surface area contributed by atoms with Crippen LogP contribution >= 0.6 is 11.3 Å². The molecule has 0 saturated heterocycles. The third kappa shape index (κ3) is 5.95. The van der Waals surface area contributed by atoms with Crippen molar-refractivity contribution < 1.29 is 9.59 Å². The van der Waals surface area contributed by atoms with E-state index in [9.17, 15) is 9.59 Å². The number of benzene rings is 2. The first-order valence-electron chi connectivity index (χ1n) is 12.3. The molecule has 0 aliphatic heterocycles. The van der Waals surface area contributed by atoms with Crippen LogP contribution in [0, 0.1) is 0 Å². The van der Waals surface area contributed by atoms with Crippen molar-refractivity contribution in [3.63, 3.8) is 0 Å². The van der Waals surface area contributed by atoms with E-state index in [1.807, 2.05) is 59.3 Å². The Morgan fingerprint density at radius 3 is 2.26 bits per heavy atom. The molecule has 4 nitrogen and oxygen atoms in total. The summed E-state index contributed by atoms with van der Waals surface area (Å²) in [5.41, 5.74) is 3.75. The first-order chi connectivity index (χ1) is 16.5. The van der Waals surface area contributed by atoms with Crippen LogP contribution in [0.15, 0.2) is 71.4 Å². The summed E-state index contributed by atoms with van der Waals surface area (Å²) in [6.07, 6.45) is 5.76. The summed E-state index contributed by atoms with van der Waals surface area (Å²) in [7, 11) is 0. The van der Waals surface area contributed by atoms with Gasteiger partial charge in [0.1, 0.15) is 6.04 Å². The summed E-state index contributed by atoms with van der Waals surface area (Å²) < 4.78 is 0. The molecule has 1 aromatic heterocycles. The number of amides is 2. The van der Waals surface area contributed by atoms with Crippen LogP contribution in [0.3, 0.4) is 0 Å². The van der Waals surface area contributed by atoms with Gasteiger partial charge in [0.15, 0.2) is 0 Å². The third-order valence-electron chi connectivity index (χ3n) is 6.62. The van der Waals surface area contributed by atoms with E-state index >= 15 is 0 Å². The molecule has 1 atom stereocenters. The molecule has 0 spiro atoms. The number of hydrogen-bond acceptors (Lipinski definition) is 3. The molecule has 3 aromatic rings. The van der Waals surface area contributed by atoms with Gasteiger partial charge in [0.05, 0.1) is 6.42 Å². The van der Waals surface area contributed by atoms with Crippen molar-refractivity contribution in [2.75, 3.05) is 4.90 Å². The maximum Gasteiger partial charge on any atom is 0.248 e. The molecular weight excluding hydrogens is 440 g/mol. The standard InChI is InChI=1S/C29H34N2O2S/c1-21(2)23-13-15-26(16-14-23)31(27(32)19-22-17-18-34-20-22)28(24-9-5-3-6-10-24)29(33)30-25-11-7-4-8-12-25/h3,5-6,9-10,13-18,20-21,25,28H,4,7-8,11-12,19H2,1-2H3,(H,30,33). The number of rotatable bonds is 8. The predicted octanol–water partition coefficient (Wildman–Crippen LogP) is 6.64. The van der Waals surface area contributed by atoms with Crippen LogP contribution in [0.2, 0.25) is 0 Å². The van der Waals surface area contributed by atoms with Gasteiger partial charge in [-0.15, -0.1) is 0 Å². The average molecular weight is 475 g/mol. The molecule has 4 rings (SSSR count). The minimum atomic E-state index is -0.723. The quantitative estimate of drug-likeness (QED) is 0.398. The average Bonchev–Trinajstić information content (AvgIpc) is 3.36. The first kappa shape index (κ1) is 24.2. The second kappa shape index (κ2) is 11.5. The number of carbonyl (C=O) groups is 2. The molecule has 1 heterocycles. The largest absolute Gasteiger partial charge is 0.351 e. The first-order valence-corrected chi connectivity index (χ1v) is 13.3. The molecular formula is C29H34N2O2S. The topological polar surface area (TPSA) is 49.4 Å². The van der Waals surface area contributed by atoms with Crippen molar-refractivity contribution in [2.45, 2.75) is 70.4 Å². The van der Waals surface area contributed by atoms with E-state index < -0.39 is 6.04 Å². The monoisotopic (exact) mass is 474 g/mol. The SMILES string of the molecule is CC(C)c1ccc(N(C(=O)Cc2ccsc2)C(C(=O)NC2CCCCC2)c2ccccc2)cc1. The van der Waals surface area contributed by atoms with Gasteiger partial charge in [0, 0.05) is 11.7 Å². The lowest BCUT2D eigenvalue weighted by Crippen LogP contribution is -2.47. The van der Waals surface area contributed by atoms with Gasteiger partial charge in [0.25, 0.3) is 0 Å². The molecule has 178 valence electrons. The zero-order valence-electron chi connectivity index (χ0n) is 20.1. The van der Waals surface area contributed by atoms with Gasteiger partial charge in [0.2, 0.25) is 11.8 Å². The number of anilines is 1. The van der Waals surface area contributed by atoms with Crippen LogP contribution in [-0.4, -0.2) is 17.9 Å². The van der Waals surface area contributed by atoms with E-state index in [0.717, 1.165) is 42.5 Å². The van der Waals surface area contributed by atoms with Gasteiger partial charge in [-0.25, -0.2) is 0 Å². The molecule has 2 aromatic carbocycles. The molecule has 1 aliphatic rings. The van der Waals surface area contributed by atoms with Crippen molar-refractivity contribution >= 4 is 28.8 Å². The summed E-state index contributed by atoms with van der Waals surface area (Å²) in [4.78, 5) is 29.3. The highest BCUT2D eigenvalue weighted by molar-refractivity contribution is 7.08. The highest BCUT2D eigenvalue weighted by Crippen LogP contribution is 2.31. The summed E-state index contributed by atoms with van der Waals surface area (Å²) in [5.74, 6) is 0.205. The van der Waals surface area contributed by atoms with Crippen LogP contribution in [-0.2, 0) is 16.0 Å². The zero-order valence-corrected chi connectivity index (χ0v) is 20.9. The Labute approximate surface area is 207 Å². The highest BCUT2D eigenvalue weighted by Gasteiger charge is 2.34. The molecule has 0 bridgehead atoms. The number of nitrogens with zero attached hydrogens (tertiary/aromatic N) is 1. The maximum absolute atomic E-state index is 13.8. The molecule has 0 radical (unpaired) electrons. The van der Waals surface area contributed by atoms with E-state index in [4.69, 9.17) is 0 Å². The highest BCUT2D eigenvalue weighted by atomic mass is 32.1. The van der Waals surface area contributed by atoms with Gasteiger partial charge in [-0.2, -0.15) is 11.3 Å². The fourth-order valence-corrected chi connectivity index (χ4v) is 5.36. The second-order valence-electron chi connectivity index (χ2n) is 9.48. The van der Waals surface area contributed by atoms with Crippen molar-refractivity contribution in [1.29, 1.82) is 0 Å². The van der Waals surface area contributed by atoms with E-state index in [0.29, 0.717) is 5.92 Å². The Morgan fingerprint density at radius 1 is 0.941 bits per heavy atom. The van der Waals surface area contributed by atoms with Crippen molar-refractivity contribution in [3.8, 4) is 0 Å². The number of thiophene rings is 1. The maximum atomic E-state index is 13.8. The Hall–Kier alpha value is -2.92. The van der Waals surface area contributed by atoms with E-state index in [1.165, 1.54) is 12.0 Å². The van der Waals surface area contributed by atoms with Crippen LogP contribution in [0.25, 0.3) is 0 Å². The minimum absolute atomic E-state index is 0.0802. The van der Waals surface area contributed by atoms with Gasteiger partial charge < -0.3 is 5.32 Å². The fraction of sp³-hybridized carbons (Fsp3) is 0.379. The Kier molecular flexibility index (Phi) is 8.17. The van der Waals surface area contributed by atoms with E-state index in [2.05, 4.69) is 31.3 Å². The van der Waals surface area contributed by atoms with Crippen molar-refractivity contribution in [3.05, 3.63) is 88.1 Å². The van der Waals surface area contributed by atoms with Crippen LogP contribution < -0.4 is 10.2 Å². The molecule has 1 N–H and O–H groups in total. The van der Waals surface area contributed by atoms with Crippen LogP contribution in [0.5, 0.6) is 0 Å². The molecule has 1 unspecified atom stereocenters. The van der Waals surface area contributed by atoms with Crippen molar-refractivity contribution in [2.24, 2.45) is 0 Å². The lowest BCUT2D eigenvalue weighted by Gasteiger charge is -2.33. The van der Waals surface area contributed by atoms with Crippen LogP contribution in [0.4, 0.5) is 5.69 Å². The Balaban J connectivity index is 1.72. The minimum Gasteiger partial charge on any atom is -0.351 e. The van der Waals surface area contributed by atoms with Crippen LogP contribution in [0.1, 0.15) is 74.6 Å². The lowest BCUT2D eigenvalue weighted by atomic mass is 9.94. The Morgan fingerprint density at radius 2 is 1.65 bits per heavy atom. The van der Waals surface area contributed by atoms with Gasteiger partial charge in [-0.05, 0) is 64.4 Å². The third-order valence-corrected chi connectivity index (χ3v) is 7.35. The smallest absolute Gasteiger partial charge is 0.248 e. The molecule has 5 heteroatoms. The summed E-state index contributed by atoms with van der Waals surface area (Å²) in [6.45, 7) is 4.30. The molecule has 1 aliphatic carbocycles.